The molecule has 13 heavy (non-hydrogen) atoms. The molecule has 0 aromatic carbocycles. The minimum Gasteiger partial charge on any atom is -0.309 e. The first kappa shape index (κ1) is 10.6. The van der Waals surface area contributed by atoms with Gasteiger partial charge in [-0.1, -0.05) is 12.8 Å². The van der Waals surface area contributed by atoms with Crippen LogP contribution in [0.3, 0.4) is 0 Å². The molecule has 0 aromatic heterocycles. The second kappa shape index (κ2) is 6.01. The Balaban J connectivity index is 2.14. The van der Waals surface area contributed by atoms with Crippen molar-refractivity contribution >= 4 is 0 Å². The summed E-state index contributed by atoms with van der Waals surface area (Å²) >= 11 is 0. The molecule has 2 nitrogen and oxygen atoms in total. The normalized spacial score (nSPS) is 22.8. The van der Waals surface area contributed by atoms with E-state index in [0.29, 0.717) is 0 Å². The van der Waals surface area contributed by atoms with Crippen LogP contribution in [0.2, 0.25) is 0 Å². The predicted molar refractivity (Wildman–Crippen MR) is 56.5 cm³/mol. The van der Waals surface area contributed by atoms with Crippen LogP contribution < -0.4 is 5.32 Å². The lowest BCUT2D eigenvalue weighted by molar-refractivity contribution is 0.343. The van der Waals surface area contributed by atoms with E-state index in [1.165, 1.54) is 26.1 Å². The van der Waals surface area contributed by atoms with Crippen LogP contribution in [0.1, 0.15) is 19.8 Å². The first-order valence-electron chi connectivity index (χ1n) is 5.19. The molecule has 1 N–H and O–H groups in total. The van der Waals surface area contributed by atoms with E-state index in [9.17, 15) is 0 Å². The van der Waals surface area contributed by atoms with Gasteiger partial charge in [0.2, 0.25) is 0 Å². The molecule has 1 aliphatic rings. The van der Waals surface area contributed by atoms with Crippen molar-refractivity contribution in [2.75, 3.05) is 33.2 Å². The third-order valence-electron chi connectivity index (χ3n) is 2.60. The number of rotatable bonds is 3. The lowest BCUT2D eigenvalue weighted by Crippen LogP contribution is -2.19. The van der Waals surface area contributed by atoms with Crippen molar-refractivity contribution in [1.82, 2.24) is 10.2 Å². The Kier molecular flexibility index (Phi) is 4.88. The number of hydrogen-bond donors (Lipinski definition) is 1. The Morgan fingerprint density at radius 1 is 1.46 bits per heavy atom. The van der Waals surface area contributed by atoms with Crippen molar-refractivity contribution in [2.24, 2.45) is 5.92 Å². The van der Waals surface area contributed by atoms with Crippen LogP contribution in [-0.4, -0.2) is 38.1 Å². The molecule has 0 spiro atoms. The molecule has 1 atom stereocenters. The van der Waals surface area contributed by atoms with Gasteiger partial charge in [-0.2, -0.15) is 0 Å². The van der Waals surface area contributed by atoms with Gasteiger partial charge in [0.25, 0.3) is 0 Å². The average molecular weight is 180 g/mol. The highest BCUT2D eigenvalue weighted by Crippen LogP contribution is 2.17. The predicted octanol–water partition coefficient (Wildman–Crippen LogP) is 0.941. The van der Waals surface area contributed by atoms with E-state index in [2.05, 4.69) is 29.0 Å². The van der Waals surface area contributed by atoms with Gasteiger partial charge in [0.1, 0.15) is 0 Å². The Morgan fingerprint density at radius 3 is 2.92 bits per heavy atom. The second-order valence-corrected chi connectivity index (χ2v) is 3.64. The summed E-state index contributed by atoms with van der Waals surface area (Å²) in [6, 6.07) is 0. The summed E-state index contributed by atoms with van der Waals surface area (Å²) in [6.07, 6.45) is 2.42. The van der Waals surface area contributed by atoms with Crippen molar-refractivity contribution in [3.63, 3.8) is 0 Å². The molecule has 0 saturated carbocycles. The fraction of sp³-hybridized carbons (Fsp3) is 0.818. The Hall–Kier alpha value is -0.520. The van der Waals surface area contributed by atoms with E-state index in [-0.39, 0.29) is 0 Å². The summed E-state index contributed by atoms with van der Waals surface area (Å²) in [5.41, 5.74) is 0. The number of likely N-dealkylation sites (tertiary alicyclic amines) is 1. The summed E-state index contributed by atoms with van der Waals surface area (Å²) in [7, 11) is 1.93. The maximum Gasteiger partial charge on any atom is 0.0574 e. The monoisotopic (exact) mass is 180 g/mol. The van der Waals surface area contributed by atoms with Crippen LogP contribution in [0.4, 0.5) is 0 Å². The van der Waals surface area contributed by atoms with Gasteiger partial charge in [0, 0.05) is 13.0 Å². The third kappa shape index (κ3) is 3.80. The molecule has 1 aliphatic heterocycles. The van der Waals surface area contributed by atoms with Crippen LogP contribution in [0, 0.1) is 17.8 Å². The van der Waals surface area contributed by atoms with E-state index in [0.717, 1.165) is 18.9 Å². The van der Waals surface area contributed by atoms with E-state index in [1.54, 1.807) is 0 Å². The first-order chi connectivity index (χ1) is 6.36. The average Bonchev–Trinajstić information content (AvgIpc) is 2.60. The van der Waals surface area contributed by atoms with E-state index in [4.69, 9.17) is 0 Å². The fourth-order valence-electron chi connectivity index (χ4n) is 1.73. The van der Waals surface area contributed by atoms with E-state index in [1.807, 2.05) is 7.05 Å². The molecule has 2 heteroatoms. The number of nitrogens with one attached hydrogen (secondary N) is 1. The first-order valence-corrected chi connectivity index (χ1v) is 5.19. The fourth-order valence-corrected chi connectivity index (χ4v) is 1.73. The van der Waals surface area contributed by atoms with Gasteiger partial charge in [0.05, 0.1) is 6.54 Å². The van der Waals surface area contributed by atoms with Gasteiger partial charge in [-0.25, -0.2) is 0 Å². The maximum absolute atomic E-state index is 3.23. The minimum absolute atomic E-state index is 0.823. The molecule has 1 heterocycles. The molecule has 1 rings (SSSR count). The zero-order chi connectivity index (χ0) is 9.52. The summed E-state index contributed by atoms with van der Waals surface area (Å²) < 4.78 is 0. The highest BCUT2D eigenvalue weighted by Gasteiger charge is 2.19. The van der Waals surface area contributed by atoms with Crippen molar-refractivity contribution in [2.45, 2.75) is 19.8 Å². The molecule has 1 unspecified atom stereocenters. The topological polar surface area (TPSA) is 15.3 Å². The van der Waals surface area contributed by atoms with Crippen LogP contribution in [-0.2, 0) is 0 Å². The Bertz CT molecular complexity index is 190. The quantitative estimate of drug-likeness (QED) is 0.650. The Labute approximate surface area is 81.7 Å². The third-order valence-corrected chi connectivity index (χ3v) is 2.60. The molecule has 0 aromatic rings. The summed E-state index contributed by atoms with van der Waals surface area (Å²) in [5.74, 6) is 7.17. The molecular weight excluding hydrogens is 160 g/mol. The Morgan fingerprint density at radius 2 is 2.31 bits per heavy atom. The lowest BCUT2D eigenvalue weighted by Gasteiger charge is -2.10. The van der Waals surface area contributed by atoms with Gasteiger partial charge in [0.15, 0.2) is 0 Å². The van der Waals surface area contributed by atoms with Gasteiger partial charge in [-0.15, -0.1) is 5.92 Å². The lowest BCUT2D eigenvalue weighted by atomic mass is 10.1. The number of hydrogen-bond acceptors (Lipinski definition) is 2. The molecule has 0 radical (unpaired) electrons. The zero-order valence-corrected chi connectivity index (χ0v) is 8.77. The molecule has 1 fully saturated rings. The summed E-state index contributed by atoms with van der Waals surface area (Å²) in [4.78, 5) is 2.50. The molecular formula is C11H20N2. The van der Waals surface area contributed by atoms with Crippen molar-refractivity contribution < 1.29 is 0 Å². The maximum atomic E-state index is 3.23. The highest BCUT2D eigenvalue weighted by atomic mass is 15.1. The standard InChI is InChI=1S/C11H20N2/c1-3-13-9-7-11(10-13)6-4-5-8-12-2/h11-12H,3,6-10H2,1-2H3. The van der Waals surface area contributed by atoms with Gasteiger partial charge >= 0.3 is 0 Å². The van der Waals surface area contributed by atoms with Crippen LogP contribution in [0.5, 0.6) is 0 Å². The number of nitrogens with zero attached hydrogens (tertiary/aromatic N) is 1. The SMILES string of the molecule is CCN1CCC(CC#CCNC)C1. The summed E-state index contributed by atoms with van der Waals surface area (Å²) in [5, 5.41) is 3.03. The van der Waals surface area contributed by atoms with Crippen LogP contribution in [0.15, 0.2) is 0 Å². The summed E-state index contributed by atoms with van der Waals surface area (Å²) in [6.45, 7) is 6.78. The minimum atomic E-state index is 0.823. The largest absolute Gasteiger partial charge is 0.309 e. The molecule has 0 bridgehead atoms. The molecule has 0 amide bonds. The van der Waals surface area contributed by atoms with E-state index >= 15 is 0 Å². The van der Waals surface area contributed by atoms with Crippen molar-refractivity contribution in [3.8, 4) is 11.8 Å². The van der Waals surface area contributed by atoms with Gasteiger partial charge < -0.3 is 10.2 Å². The van der Waals surface area contributed by atoms with Crippen LogP contribution in [0.25, 0.3) is 0 Å². The van der Waals surface area contributed by atoms with Crippen LogP contribution >= 0.6 is 0 Å². The molecule has 74 valence electrons. The van der Waals surface area contributed by atoms with Gasteiger partial charge in [-0.3, -0.25) is 0 Å². The molecule has 0 aliphatic carbocycles. The molecule has 1 saturated heterocycles. The van der Waals surface area contributed by atoms with E-state index < -0.39 is 0 Å². The highest BCUT2D eigenvalue weighted by molar-refractivity contribution is 5.02. The van der Waals surface area contributed by atoms with Gasteiger partial charge in [-0.05, 0) is 32.5 Å². The second-order valence-electron chi connectivity index (χ2n) is 3.64. The van der Waals surface area contributed by atoms with Crippen molar-refractivity contribution in [1.29, 1.82) is 0 Å². The smallest absolute Gasteiger partial charge is 0.0574 e. The zero-order valence-electron chi connectivity index (χ0n) is 8.77. The van der Waals surface area contributed by atoms with Crippen molar-refractivity contribution in [3.05, 3.63) is 0 Å².